The lowest BCUT2D eigenvalue weighted by molar-refractivity contribution is -0.136. The van der Waals surface area contributed by atoms with E-state index in [9.17, 15) is 18.0 Å². The molecule has 0 spiro atoms. The van der Waals surface area contributed by atoms with E-state index in [2.05, 4.69) is 0 Å². The molecule has 6 nitrogen and oxygen atoms in total. The third-order valence-corrected chi connectivity index (χ3v) is 4.17. The second-order valence-corrected chi connectivity index (χ2v) is 6.39. The van der Waals surface area contributed by atoms with E-state index in [0.29, 0.717) is 12.2 Å². The minimum Gasteiger partial charge on any atom is -0.481 e. The molecule has 1 aromatic carbocycles. The summed E-state index contributed by atoms with van der Waals surface area (Å²) in [6, 6.07) is 8.73. The van der Waals surface area contributed by atoms with Crippen molar-refractivity contribution in [2.45, 2.75) is 13.3 Å². The van der Waals surface area contributed by atoms with Crippen molar-refractivity contribution in [1.29, 1.82) is 0 Å². The summed E-state index contributed by atoms with van der Waals surface area (Å²) >= 11 is 0. The Bertz CT molecular complexity index is 568. The largest absolute Gasteiger partial charge is 0.481 e. The maximum atomic E-state index is 12.0. The van der Waals surface area contributed by atoms with Crippen molar-refractivity contribution in [3.63, 3.8) is 0 Å². The Morgan fingerprint density at radius 1 is 1.20 bits per heavy atom. The number of hydrogen-bond acceptors (Lipinski definition) is 4. The number of carbonyl (C=O) groups is 2. The molecule has 0 aromatic heterocycles. The lowest BCUT2D eigenvalue weighted by Gasteiger charge is -2.20. The molecule has 7 heteroatoms. The fourth-order valence-electron chi connectivity index (χ4n) is 1.69. The highest BCUT2D eigenvalue weighted by Gasteiger charge is 2.22. The Kier molecular flexibility index (Phi) is 5.69. The third-order valence-electron chi connectivity index (χ3n) is 2.66. The monoisotopic (exact) mass is 299 g/mol. The number of aliphatic carboxylic acids is 1. The second kappa shape index (κ2) is 7.04. The normalized spacial score (nSPS) is 11.1. The Morgan fingerprint density at radius 2 is 1.80 bits per heavy atom. The third kappa shape index (κ3) is 5.00. The first-order valence-electron chi connectivity index (χ1n) is 6.13. The van der Waals surface area contributed by atoms with E-state index >= 15 is 0 Å². The van der Waals surface area contributed by atoms with Crippen LogP contribution in [0.3, 0.4) is 0 Å². The van der Waals surface area contributed by atoms with Gasteiger partial charge in [-0.2, -0.15) is 0 Å². The molecule has 1 amide bonds. The van der Waals surface area contributed by atoms with E-state index in [1.807, 2.05) is 0 Å². The molecule has 0 fully saturated rings. The van der Waals surface area contributed by atoms with Crippen molar-refractivity contribution in [3.8, 4) is 0 Å². The van der Waals surface area contributed by atoms with E-state index in [4.69, 9.17) is 5.11 Å². The van der Waals surface area contributed by atoms with Gasteiger partial charge in [-0.15, -0.1) is 0 Å². The van der Waals surface area contributed by atoms with Crippen LogP contribution in [0.25, 0.3) is 0 Å². The van der Waals surface area contributed by atoms with Crippen LogP contribution in [-0.2, 0) is 19.4 Å². The lowest BCUT2D eigenvalue weighted by Crippen LogP contribution is -2.36. The van der Waals surface area contributed by atoms with Crippen LogP contribution < -0.4 is 4.90 Å². The number of carboxylic acid groups (broad SMARTS) is 1. The fraction of sp³-hybridized carbons (Fsp3) is 0.385. The van der Waals surface area contributed by atoms with Gasteiger partial charge in [-0.05, 0) is 19.1 Å². The van der Waals surface area contributed by atoms with Gasteiger partial charge in [0.2, 0.25) is 5.91 Å². The second-order valence-electron chi connectivity index (χ2n) is 4.21. The minimum absolute atomic E-state index is 0.345. The molecule has 0 aliphatic heterocycles. The van der Waals surface area contributed by atoms with Crippen LogP contribution in [0.2, 0.25) is 0 Å². The predicted octanol–water partition coefficient (Wildman–Crippen LogP) is 0.929. The molecular formula is C13H17NO5S. The number of rotatable bonds is 7. The zero-order chi connectivity index (χ0) is 15.2. The number of anilines is 1. The molecule has 20 heavy (non-hydrogen) atoms. The maximum absolute atomic E-state index is 12.0. The number of amides is 1. The summed E-state index contributed by atoms with van der Waals surface area (Å²) in [6.45, 7) is 2.09. The zero-order valence-corrected chi connectivity index (χ0v) is 12.0. The van der Waals surface area contributed by atoms with Gasteiger partial charge in [0.15, 0.2) is 9.84 Å². The topological polar surface area (TPSA) is 91.8 Å². The average molecular weight is 299 g/mol. The Morgan fingerprint density at radius 3 is 2.30 bits per heavy atom. The van der Waals surface area contributed by atoms with Crippen molar-refractivity contribution >= 4 is 27.4 Å². The van der Waals surface area contributed by atoms with Crippen LogP contribution in [0.5, 0.6) is 0 Å². The van der Waals surface area contributed by atoms with Crippen molar-refractivity contribution in [2.75, 3.05) is 23.0 Å². The lowest BCUT2D eigenvalue weighted by atomic mass is 10.3. The summed E-state index contributed by atoms with van der Waals surface area (Å²) < 4.78 is 23.4. The standard InChI is InChI=1S/C13H17NO5S/c1-2-14(11-6-4-3-5-7-11)12(15)10-20(18,19)9-8-13(16)17/h3-7H,2,8-10H2,1H3,(H,16,17). The Hall–Kier alpha value is -1.89. The Labute approximate surface area is 117 Å². The fourth-order valence-corrected chi connectivity index (χ4v) is 2.85. The van der Waals surface area contributed by atoms with Crippen LogP contribution in [0.1, 0.15) is 13.3 Å². The molecule has 1 aromatic rings. The average Bonchev–Trinajstić information content (AvgIpc) is 2.38. The molecule has 1 rings (SSSR count). The highest BCUT2D eigenvalue weighted by atomic mass is 32.2. The van der Waals surface area contributed by atoms with Gasteiger partial charge in [0.25, 0.3) is 0 Å². The summed E-state index contributed by atoms with van der Waals surface area (Å²) in [5, 5.41) is 8.48. The van der Waals surface area contributed by atoms with Crippen LogP contribution in [0, 0.1) is 0 Å². The first-order chi connectivity index (χ1) is 9.35. The summed E-state index contributed by atoms with van der Waals surface area (Å²) in [4.78, 5) is 23.8. The number of para-hydroxylation sites is 1. The van der Waals surface area contributed by atoms with Gasteiger partial charge in [0.1, 0.15) is 5.75 Å². The molecule has 0 aliphatic carbocycles. The first-order valence-corrected chi connectivity index (χ1v) is 7.95. The van der Waals surface area contributed by atoms with E-state index < -0.39 is 39.6 Å². The van der Waals surface area contributed by atoms with Crippen LogP contribution in [-0.4, -0.2) is 43.5 Å². The molecule has 0 radical (unpaired) electrons. The summed E-state index contributed by atoms with van der Waals surface area (Å²) in [7, 11) is -3.71. The van der Waals surface area contributed by atoms with Crippen molar-refractivity contribution in [3.05, 3.63) is 30.3 Å². The quantitative estimate of drug-likeness (QED) is 0.808. The highest BCUT2D eigenvalue weighted by Crippen LogP contribution is 2.13. The number of nitrogens with zero attached hydrogens (tertiary/aromatic N) is 1. The summed E-state index contributed by atoms with van der Waals surface area (Å²) in [5.41, 5.74) is 0.619. The number of carbonyl (C=O) groups excluding carboxylic acids is 1. The van der Waals surface area contributed by atoms with E-state index in [1.54, 1.807) is 37.3 Å². The van der Waals surface area contributed by atoms with Crippen LogP contribution in [0.4, 0.5) is 5.69 Å². The number of sulfone groups is 1. The van der Waals surface area contributed by atoms with Crippen LogP contribution in [0.15, 0.2) is 30.3 Å². The molecule has 0 atom stereocenters. The zero-order valence-electron chi connectivity index (χ0n) is 11.2. The smallest absolute Gasteiger partial charge is 0.304 e. The van der Waals surface area contributed by atoms with Gasteiger partial charge in [0.05, 0.1) is 12.2 Å². The molecule has 0 aliphatic rings. The summed E-state index contributed by atoms with van der Waals surface area (Å²) in [6.07, 6.45) is -0.493. The van der Waals surface area contributed by atoms with Crippen molar-refractivity contribution < 1.29 is 23.1 Å². The predicted molar refractivity (Wildman–Crippen MR) is 75.4 cm³/mol. The first kappa shape index (κ1) is 16.2. The van der Waals surface area contributed by atoms with E-state index in [1.165, 1.54) is 4.90 Å². The number of hydrogen-bond donors (Lipinski definition) is 1. The van der Waals surface area contributed by atoms with Gasteiger partial charge in [-0.3, -0.25) is 9.59 Å². The summed E-state index contributed by atoms with van der Waals surface area (Å²) in [5.74, 6) is -2.95. The van der Waals surface area contributed by atoms with E-state index in [0.717, 1.165) is 0 Å². The van der Waals surface area contributed by atoms with E-state index in [-0.39, 0.29) is 0 Å². The number of carboxylic acids is 1. The van der Waals surface area contributed by atoms with Crippen LogP contribution >= 0.6 is 0 Å². The number of benzene rings is 1. The molecule has 0 unspecified atom stereocenters. The molecule has 0 bridgehead atoms. The Balaban J connectivity index is 2.76. The maximum Gasteiger partial charge on any atom is 0.304 e. The van der Waals surface area contributed by atoms with Crippen molar-refractivity contribution in [1.82, 2.24) is 0 Å². The molecule has 0 saturated heterocycles. The van der Waals surface area contributed by atoms with Gasteiger partial charge >= 0.3 is 5.97 Å². The van der Waals surface area contributed by atoms with Gasteiger partial charge in [0, 0.05) is 12.2 Å². The van der Waals surface area contributed by atoms with Gasteiger partial charge in [-0.25, -0.2) is 8.42 Å². The van der Waals surface area contributed by atoms with Crippen molar-refractivity contribution in [2.24, 2.45) is 0 Å². The molecular weight excluding hydrogens is 282 g/mol. The molecule has 0 saturated carbocycles. The minimum atomic E-state index is -3.71. The molecule has 110 valence electrons. The highest BCUT2D eigenvalue weighted by molar-refractivity contribution is 7.92. The molecule has 0 heterocycles. The molecule has 1 N–H and O–H groups in total. The van der Waals surface area contributed by atoms with Gasteiger partial charge < -0.3 is 10.0 Å². The SMILES string of the molecule is CCN(C(=O)CS(=O)(=O)CCC(=O)O)c1ccccc1. The van der Waals surface area contributed by atoms with Gasteiger partial charge in [-0.1, -0.05) is 18.2 Å².